The molecule has 2 N–H and O–H groups in total. The maximum atomic E-state index is 12.7. The highest BCUT2D eigenvalue weighted by Crippen LogP contribution is 2.33. The van der Waals surface area contributed by atoms with Gasteiger partial charge in [-0.3, -0.25) is 4.79 Å². The summed E-state index contributed by atoms with van der Waals surface area (Å²) in [4.78, 5) is 20.9. The van der Waals surface area contributed by atoms with Crippen LogP contribution in [0.3, 0.4) is 0 Å². The van der Waals surface area contributed by atoms with E-state index in [4.69, 9.17) is 16.3 Å². The Morgan fingerprint density at radius 3 is 3.00 bits per heavy atom. The number of aromatic nitrogens is 2. The minimum atomic E-state index is -0.331. The molecule has 1 amide bonds. The third-order valence-corrected chi connectivity index (χ3v) is 5.46. The third-order valence-electron chi connectivity index (χ3n) is 4.32. The molecule has 1 aliphatic rings. The molecule has 1 saturated carbocycles. The van der Waals surface area contributed by atoms with Crippen molar-refractivity contribution in [1.82, 2.24) is 9.97 Å². The molecule has 0 bridgehead atoms. The molecule has 142 valence electrons. The first kappa shape index (κ1) is 19.8. The number of benzene rings is 1. The molecule has 2 aromatic heterocycles. The molecule has 1 fully saturated rings. The number of carbonyl (C=O) groups excluding carboxylic acids is 1. The van der Waals surface area contributed by atoms with Crippen molar-refractivity contribution in [3.63, 3.8) is 0 Å². The molecule has 4 rings (SSSR count). The van der Waals surface area contributed by atoms with Gasteiger partial charge in [0.2, 0.25) is 0 Å². The van der Waals surface area contributed by atoms with Crippen molar-refractivity contribution in [1.29, 1.82) is 0 Å². The first-order valence-electron chi connectivity index (χ1n) is 8.23. The zero-order valence-electron chi connectivity index (χ0n) is 14.1. The number of fused-ring (bicyclic) bond motifs is 1. The lowest BCUT2D eigenvalue weighted by atomic mass is 10.2. The van der Waals surface area contributed by atoms with E-state index in [1.165, 1.54) is 17.7 Å². The molecule has 0 saturated heterocycles. The van der Waals surface area contributed by atoms with Gasteiger partial charge in [0.25, 0.3) is 5.91 Å². The van der Waals surface area contributed by atoms with Crippen LogP contribution in [-0.4, -0.2) is 33.2 Å². The van der Waals surface area contributed by atoms with Crippen LogP contribution in [-0.2, 0) is 0 Å². The molecule has 6 nitrogen and oxygen atoms in total. The topological polar surface area (TPSA) is 84.3 Å². The molecule has 9 heteroatoms. The van der Waals surface area contributed by atoms with E-state index in [1.807, 2.05) is 0 Å². The second-order valence-corrected chi connectivity index (χ2v) is 7.53. The molecule has 27 heavy (non-hydrogen) atoms. The Labute approximate surface area is 171 Å². The highest BCUT2D eigenvalue weighted by atomic mass is 35.5. The van der Waals surface area contributed by atoms with Crippen molar-refractivity contribution in [2.75, 3.05) is 5.32 Å². The summed E-state index contributed by atoms with van der Waals surface area (Å²) in [5, 5.41) is 14.8. The van der Waals surface area contributed by atoms with Crippen LogP contribution in [0.5, 0.6) is 5.75 Å². The Kier molecular flexibility index (Phi) is 6.16. The first-order valence-corrected chi connectivity index (χ1v) is 9.49. The van der Waals surface area contributed by atoms with E-state index in [9.17, 15) is 9.90 Å². The van der Waals surface area contributed by atoms with Gasteiger partial charge in [0.05, 0.1) is 27.6 Å². The molecule has 1 aliphatic carbocycles. The molecule has 0 aliphatic heterocycles. The number of hydrogen-bond donors (Lipinski definition) is 2. The van der Waals surface area contributed by atoms with Crippen molar-refractivity contribution >= 4 is 57.2 Å². The Hall–Kier alpha value is -1.93. The number of aliphatic hydroxyl groups excluding tert-OH is 1. The van der Waals surface area contributed by atoms with Crippen LogP contribution in [0.15, 0.2) is 36.1 Å². The zero-order valence-corrected chi connectivity index (χ0v) is 16.5. The van der Waals surface area contributed by atoms with Crippen LogP contribution in [0, 0.1) is 0 Å². The molecule has 0 radical (unpaired) electrons. The molecular weight excluding hydrogens is 409 g/mol. The molecule has 2 atom stereocenters. The average molecular weight is 426 g/mol. The summed E-state index contributed by atoms with van der Waals surface area (Å²) in [6, 6.07) is 5.10. The van der Waals surface area contributed by atoms with Crippen LogP contribution >= 0.6 is 35.3 Å². The summed E-state index contributed by atoms with van der Waals surface area (Å²) in [7, 11) is 0. The number of carbonyl (C=O) groups is 1. The van der Waals surface area contributed by atoms with Crippen LogP contribution in [0.25, 0.3) is 10.2 Å². The summed E-state index contributed by atoms with van der Waals surface area (Å²) in [6.07, 6.45) is 4.79. The van der Waals surface area contributed by atoms with Crippen LogP contribution in [0.1, 0.15) is 29.6 Å². The van der Waals surface area contributed by atoms with Gasteiger partial charge >= 0.3 is 0 Å². The van der Waals surface area contributed by atoms with Crippen molar-refractivity contribution < 1.29 is 14.6 Å². The van der Waals surface area contributed by atoms with E-state index in [0.29, 0.717) is 34.0 Å². The summed E-state index contributed by atoms with van der Waals surface area (Å²) >= 11 is 7.51. The average Bonchev–Trinajstić information content (AvgIpc) is 3.23. The van der Waals surface area contributed by atoms with E-state index in [-0.39, 0.29) is 30.5 Å². The summed E-state index contributed by atoms with van der Waals surface area (Å²) < 4.78 is 6.83. The second-order valence-electron chi connectivity index (χ2n) is 6.19. The number of nitrogens with one attached hydrogen (secondary N) is 1. The van der Waals surface area contributed by atoms with Crippen LogP contribution in [0.2, 0.25) is 5.02 Å². The minimum absolute atomic E-state index is 0. The molecule has 2 heterocycles. The molecule has 2 unspecified atom stereocenters. The fraction of sp³-hybridized carbons (Fsp3) is 0.278. The predicted octanol–water partition coefficient (Wildman–Crippen LogP) is 4.31. The maximum Gasteiger partial charge on any atom is 0.258 e. The van der Waals surface area contributed by atoms with Gasteiger partial charge < -0.3 is 15.2 Å². The molecular formula is C18H17Cl2N3O3S. The first-order chi connectivity index (χ1) is 12.6. The number of rotatable bonds is 4. The predicted molar refractivity (Wildman–Crippen MR) is 108 cm³/mol. The fourth-order valence-corrected chi connectivity index (χ4v) is 4.07. The summed E-state index contributed by atoms with van der Waals surface area (Å²) in [6.45, 7) is 0. The van der Waals surface area contributed by atoms with Gasteiger partial charge in [-0.25, -0.2) is 9.97 Å². The normalized spacial score (nSPS) is 18.9. The van der Waals surface area contributed by atoms with Gasteiger partial charge in [-0.1, -0.05) is 11.6 Å². The number of aliphatic hydroxyl groups is 1. The lowest BCUT2D eigenvalue weighted by Gasteiger charge is -2.17. The van der Waals surface area contributed by atoms with Crippen molar-refractivity contribution in [2.24, 2.45) is 0 Å². The van der Waals surface area contributed by atoms with Gasteiger partial charge in [-0.05, 0) is 31.0 Å². The summed E-state index contributed by atoms with van der Waals surface area (Å²) in [5.41, 5.74) is 1.60. The third kappa shape index (κ3) is 4.32. The minimum Gasteiger partial charge on any atom is -0.488 e. The molecule has 0 spiro atoms. The van der Waals surface area contributed by atoms with Gasteiger partial charge in [-0.15, -0.1) is 23.7 Å². The van der Waals surface area contributed by atoms with Crippen molar-refractivity contribution in [2.45, 2.75) is 31.5 Å². The number of halogens is 2. The number of thiophene rings is 1. The number of amides is 1. The largest absolute Gasteiger partial charge is 0.488 e. The maximum absolute atomic E-state index is 12.7. The highest BCUT2D eigenvalue weighted by Gasteiger charge is 2.25. The van der Waals surface area contributed by atoms with Gasteiger partial charge in [0.1, 0.15) is 18.2 Å². The molecule has 1 aromatic carbocycles. The van der Waals surface area contributed by atoms with Gasteiger partial charge in [0, 0.05) is 23.0 Å². The Morgan fingerprint density at radius 2 is 2.22 bits per heavy atom. The lowest BCUT2D eigenvalue weighted by molar-refractivity contribution is 0.102. The van der Waals surface area contributed by atoms with Crippen molar-refractivity contribution in [3.8, 4) is 5.75 Å². The Bertz CT molecular complexity index is 966. The van der Waals surface area contributed by atoms with E-state index >= 15 is 0 Å². The molecule has 3 aromatic rings. The SMILES string of the molecule is Cl.O=C(Nc1cc(Cl)ccc1OC1CCC(O)C1)c1csc2cncnc12. The van der Waals surface area contributed by atoms with E-state index in [1.54, 1.807) is 29.8 Å². The van der Waals surface area contributed by atoms with Gasteiger partial charge in [0.15, 0.2) is 0 Å². The lowest BCUT2D eigenvalue weighted by Crippen LogP contribution is -2.17. The summed E-state index contributed by atoms with van der Waals surface area (Å²) in [5.74, 6) is 0.254. The van der Waals surface area contributed by atoms with Crippen LogP contribution < -0.4 is 10.1 Å². The number of anilines is 1. The zero-order chi connectivity index (χ0) is 18.1. The van der Waals surface area contributed by atoms with Gasteiger partial charge in [-0.2, -0.15) is 0 Å². The monoisotopic (exact) mass is 425 g/mol. The fourth-order valence-electron chi connectivity index (χ4n) is 3.04. The quantitative estimate of drug-likeness (QED) is 0.650. The standard InChI is InChI=1S/C18H16ClN3O3S.ClH/c19-10-1-4-15(25-12-3-2-11(23)6-12)14(5-10)22-18(24)13-8-26-16-7-20-9-21-17(13)16;/h1,4-5,7-9,11-12,23H,2-3,6H2,(H,22,24);1H. The number of hydrogen-bond acceptors (Lipinski definition) is 6. The Morgan fingerprint density at radius 1 is 1.37 bits per heavy atom. The number of ether oxygens (including phenoxy) is 1. The number of nitrogens with zero attached hydrogens (tertiary/aromatic N) is 2. The second kappa shape index (κ2) is 8.39. The van der Waals surface area contributed by atoms with E-state index in [0.717, 1.165) is 17.5 Å². The van der Waals surface area contributed by atoms with Crippen molar-refractivity contribution in [3.05, 3.63) is 46.7 Å². The smallest absolute Gasteiger partial charge is 0.258 e. The van der Waals surface area contributed by atoms with E-state index < -0.39 is 0 Å². The highest BCUT2D eigenvalue weighted by molar-refractivity contribution is 7.17. The van der Waals surface area contributed by atoms with E-state index in [2.05, 4.69) is 15.3 Å². The van der Waals surface area contributed by atoms with Crippen LogP contribution in [0.4, 0.5) is 5.69 Å². The Balaban J connectivity index is 0.00000210.